The fourth-order valence-corrected chi connectivity index (χ4v) is 4.16. The molecule has 2 aliphatic heterocycles. The van der Waals surface area contributed by atoms with Gasteiger partial charge in [-0.05, 0) is 6.42 Å². The van der Waals surface area contributed by atoms with Crippen molar-refractivity contribution in [2.75, 3.05) is 13.2 Å². The Morgan fingerprint density at radius 1 is 0.710 bits per heavy atom. The maximum absolute atomic E-state index is 10.6. The molecule has 31 heavy (non-hydrogen) atoms. The Balaban J connectivity index is 1.78. The number of hydrogen-bond acceptors (Lipinski definition) is 14. The Bertz CT molecular complexity index is 591. The first-order chi connectivity index (χ1) is 14.6. The summed E-state index contributed by atoms with van der Waals surface area (Å²) in [5, 5.41) is 60.3. The number of rotatable bonds is 6. The fraction of sp³-hybridized carbons (Fsp3) is 1.00. The molecule has 3 aliphatic rings. The molecule has 14 heteroatoms. The maximum Gasteiger partial charge on any atom is 0.187 e. The van der Waals surface area contributed by atoms with Crippen LogP contribution in [0, 0.1) is 0 Å². The van der Waals surface area contributed by atoms with Crippen molar-refractivity contribution >= 4 is 0 Å². The van der Waals surface area contributed by atoms with Crippen molar-refractivity contribution in [3.8, 4) is 0 Å². The zero-order valence-electron chi connectivity index (χ0n) is 16.8. The van der Waals surface area contributed by atoms with Crippen molar-refractivity contribution in [3.05, 3.63) is 0 Å². The summed E-state index contributed by atoms with van der Waals surface area (Å²) in [5.74, 6) is 0. The third-order valence-electron chi connectivity index (χ3n) is 6.13. The summed E-state index contributed by atoms with van der Waals surface area (Å²) in [6.45, 7) is -0.673. The standard InChI is InChI=1S/C17H34N4O10/c18-2-6-10(24)13(27)17(28-6)31-15-9(23)4(19)1-5(20)14(15)30-16-8(21)12(26)11(25)7(3-22)29-16/h4-17,22-27H,1-3,18-21H2/t4-,5?,6-,7?,8?,9-,10?,11-,12?,13+,14-,15?,16-,17+/m1/s1. The number of nitrogens with two attached hydrogens (primary N) is 4. The molecular formula is C17H34N4O10. The van der Waals surface area contributed by atoms with E-state index in [0.29, 0.717) is 0 Å². The van der Waals surface area contributed by atoms with Crippen molar-refractivity contribution in [1.82, 2.24) is 0 Å². The maximum atomic E-state index is 10.6. The quantitative estimate of drug-likeness (QED) is 0.179. The van der Waals surface area contributed by atoms with Gasteiger partial charge in [-0.2, -0.15) is 0 Å². The lowest BCUT2D eigenvalue weighted by molar-refractivity contribution is -0.310. The van der Waals surface area contributed by atoms with Crippen molar-refractivity contribution in [2.45, 2.75) is 92.1 Å². The van der Waals surface area contributed by atoms with Crippen LogP contribution in [0.1, 0.15) is 6.42 Å². The smallest absolute Gasteiger partial charge is 0.187 e. The normalized spacial score (nSPS) is 53.6. The Kier molecular flexibility index (Phi) is 8.21. The molecule has 0 spiro atoms. The monoisotopic (exact) mass is 454 g/mol. The second kappa shape index (κ2) is 10.1. The van der Waals surface area contributed by atoms with Crippen LogP contribution >= 0.6 is 0 Å². The topological polar surface area (TPSA) is 262 Å². The molecule has 3 fully saturated rings. The van der Waals surface area contributed by atoms with Crippen molar-refractivity contribution in [3.63, 3.8) is 0 Å². The molecule has 6 unspecified atom stereocenters. The van der Waals surface area contributed by atoms with Gasteiger partial charge in [-0.3, -0.25) is 0 Å². The molecule has 0 aromatic carbocycles. The highest BCUT2D eigenvalue weighted by Crippen LogP contribution is 2.31. The van der Waals surface area contributed by atoms with Crippen molar-refractivity contribution in [1.29, 1.82) is 0 Å². The Morgan fingerprint density at radius 2 is 1.29 bits per heavy atom. The van der Waals surface area contributed by atoms with Gasteiger partial charge in [0, 0.05) is 18.6 Å². The summed E-state index contributed by atoms with van der Waals surface area (Å²) >= 11 is 0. The van der Waals surface area contributed by atoms with Gasteiger partial charge in [0.1, 0.15) is 48.8 Å². The molecule has 2 saturated heterocycles. The van der Waals surface area contributed by atoms with E-state index in [1.165, 1.54) is 0 Å². The van der Waals surface area contributed by atoms with Gasteiger partial charge in [0.25, 0.3) is 0 Å². The molecule has 0 radical (unpaired) electrons. The lowest BCUT2D eigenvalue weighted by Gasteiger charge is -2.47. The third-order valence-corrected chi connectivity index (χ3v) is 6.13. The predicted molar refractivity (Wildman–Crippen MR) is 102 cm³/mol. The van der Waals surface area contributed by atoms with Gasteiger partial charge >= 0.3 is 0 Å². The molecule has 182 valence electrons. The third kappa shape index (κ3) is 4.87. The molecule has 14 nitrogen and oxygen atoms in total. The van der Waals surface area contributed by atoms with Crippen LogP contribution in [0.15, 0.2) is 0 Å². The van der Waals surface area contributed by atoms with E-state index in [-0.39, 0.29) is 13.0 Å². The Labute approximate surface area is 178 Å². The van der Waals surface area contributed by atoms with Gasteiger partial charge < -0.3 is 72.5 Å². The van der Waals surface area contributed by atoms with E-state index < -0.39 is 92.2 Å². The SMILES string of the molecule is NC[C@H]1O[C@@H](OC2[C@H](O[C@H]3OC(CO)[C@@H](O)C(O)C3N)C(N)C[C@@H](N)[C@H]2O)[C@@H](O)C1O. The Hall–Kier alpha value is -0.560. The minimum atomic E-state index is -1.46. The average molecular weight is 454 g/mol. The van der Waals surface area contributed by atoms with E-state index in [2.05, 4.69) is 0 Å². The second-order valence-electron chi connectivity index (χ2n) is 8.30. The summed E-state index contributed by atoms with van der Waals surface area (Å²) in [6, 6.07) is -2.76. The zero-order chi connectivity index (χ0) is 23.0. The summed E-state index contributed by atoms with van der Waals surface area (Å²) < 4.78 is 22.5. The highest BCUT2D eigenvalue weighted by Gasteiger charge is 2.52. The second-order valence-corrected chi connectivity index (χ2v) is 8.30. The highest BCUT2D eigenvalue weighted by molar-refractivity contribution is 5.01. The fourth-order valence-electron chi connectivity index (χ4n) is 4.16. The van der Waals surface area contributed by atoms with Gasteiger partial charge in [-0.15, -0.1) is 0 Å². The number of aliphatic hydroxyl groups excluding tert-OH is 6. The van der Waals surface area contributed by atoms with Gasteiger partial charge in [0.05, 0.1) is 18.8 Å². The predicted octanol–water partition coefficient (Wildman–Crippen LogP) is -6.65. The molecule has 2 heterocycles. The average Bonchev–Trinajstić information content (AvgIpc) is 3.02. The molecular weight excluding hydrogens is 420 g/mol. The van der Waals surface area contributed by atoms with Crippen LogP contribution in [0.4, 0.5) is 0 Å². The van der Waals surface area contributed by atoms with E-state index in [4.69, 9.17) is 41.9 Å². The minimum Gasteiger partial charge on any atom is -0.394 e. The first-order valence-corrected chi connectivity index (χ1v) is 10.2. The molecule has 0 bridgehead atoms. The van der Waals surface area contributed by atoms with E-state index in [1.807, 2.05) is 0 Å². The summed E-state index contributed by atoms with van der Waals surface area (Å²) in [5.41, 5.74) is 23.6. The first kappa shape index (κ1) is 25.1. The molecule has 14 atom stereocenters. The van der Waals surface area contributed by atoms with E-state index in [9.17, 15) is 30.6 Å². The molecule has 1 aliphatic carbocycles. The molecule has 0 aromatic rings. The summed E-state index contributed by atoms with van der Waals surface area (Å²) in [4.78, 5) is 0. The van der Waals surface area contributed by atoms with Crippen LogP contribution in [0.2, 0.25) is 0 Å². The summed E-state index contributed by atoms with van der Waals surface area (Å²) in [7, 11) is 0. The molecule has 1 saturated carbocycles. The van der Waals surface area contributed by atoms with Crippen LogP contribution in [0.25, 0.3) is 0 Å². The van der Waals surface area contributed by atoms with Gasteiger partial charge in [-0.1, -0.05) is 0 Å². The van der Waals surface area contributed by atoms with Crippen LogP contribution in [-0.2, 0) is 18.9 Å². The van der Waals surface area contributed by atoms with E-state index >= 15 is 0 Å². The van der Waals surface area contributed by atoms with Gasteiger partial charge in [-0.25, -0.2) is 0 Å². The lowest BCUT2D eigenvalue weighted by atomic mass is 9.84. The highest BCUT2D eigenvalue weighted by atomic mass is 16.7. The largest absolute Gasteiger partial charge is 0.394 e. The van der Waals surface area contributed by atoms with Gasteiger partial charge in [0.15, 0.2) is 12.6 Å². The van der Waals surface area contributed by atoms with Gasteiger partial charge in [0.2, 0.25) is 0 Å². The van der Waals surface area contributed by atoms with Crippen LogP contribution in [0.3, 0.4) is 0 Å². The van der Waals surface area contributed by atoms with E-state index in [0.717, 1.165) is 0 Å². The number of aliphatic hydroxyl groups is 6. The number of hydrogen-bond donors (Lipinski definition) is 10. The van der Waals surface area contributed by atoms with Crippen LogP contribution < -0.4 is 22.9 Å². The summed E-state index contributed by atoms with van der Waals surface area (Å²) in [6.07, 6.45) is -13.8. The molecule has 14 N–H and O–H groups in total. The molecule has 0 amide bonds. The van der Waals surface area contributed by atoms with Crippen molar-refractivity contribution in [2.24, 2.45) is 22.9 Å². The van der Waals surface area contributed by atoms with Crippen molar-refractivity contribution < 1.29 is 49.6 Å². The van der Waals surface area contributed by atoms with E-state index in [1.54, 1.807) is 0 Å². The minimum absolute atomic E-state index is 0.0716. The first-order valence-electron chi connectivity index (χ1n) is 10.2. The molecule has 3 rings (SSSR count). The Morgan fingerprint density at radius 3 is 1.87 bits per heavy atom. The lowest BCUT2D eigenvalue weighted by Crippen LogP contribution is -2.68. The number of ether oxygens (including phenoxy) is 4. The van der Waals surface area contributed by atoms with Crippen LogP contribution in [0.5, 0.6) is 0 Å². The van der Waals surface area contributed by atoms with Crippen LogP contribution in [-0.4, -0.2) is 129 Å². The molecule has 0 aromatic heterocycles. The zero-order valence-corrected chi connectivity index (χ0v) is 16.8.